The Morgan fingerprint density at radius 2 is 1.94 bits per heavy atom. The molecule has 1 saturated carbocycles. The van der Waals surface area contributed by atoms with Gasteiger partial charge in [0.1, 0.15) is 0 Å². The largest absolute Gasteiger partial charge is 0.388 e. The highest BCUT2D eigenvalue weighted by molar-refractivity contribution is 5.94. The number of anilines is 1. The van der Waals surface area contributed by atoms with Crippen molar-refractivity contribution in [2.75, 3.05) is 12.4 Å². The molecule has 3 nitrogen and oxygen atoms in total. The molecule has 2 N–H and O–H groups in total. The van der Waals surface area contributed by atoms with Gasteiger partial charge in [-0.15, -0.1) is 0 Å². The van der Waals surface area contributed by atoms with Crippen LogP contribution < -0.4 is 10.6 Å². The van der Waals surface area contributed by atoms with Crippen molar-refractivity contribution in [3.8, 4) is 0 Å². The summed E-state index contributed by atoms with van der Waals surface area (Å²) < 4.78 is 0. The predicted octanol–water partition coefficient (Wildman–Crippen LogP) is 3.04. The van der Waals surface area contributed by atoms with Crippen LogP contribution in [0, 0.1) is 5.41 Å². The molecule has 0 aliphatic heterocycles. The summed E-state index contributed by atoms with van der Waals surface area (Å²) in [6, 6.07) is 7.90. The second kappa shape index (κ2) is 5.01. The lowest BCUT2D eigenvalue weighted by molar-refractivity contribution is 0.0936. The molecule has 1 aliphatic carbocycles. The molecular weight excluding hydrogens is 224 g/mol. The summed E-state index contributed by atoms with van der Waals surface area (Å²) >= 11 is 0. The van der Waals surface area contributed by atoms with E-state index in [0.29, 0.717) is 11.5 Å². The van der Waals surface area contributed by atoms with Gasteiger partial charge >= 0.3 is 0 Å². The molecule has 1 aromatic rings. The molecule has 1 fully saturated rings. The zero-order chi connectivity index (χ0) is 13.2. The number of benzene rings is 1. The molecule has 1 amide bonds. The Morgan fingerprint density at radius 1 is 1.28 bits per heavy atom. The van der Waals surface area contributed by atoms with E-state index in [1.165, 1.54) is 6.42 Å². The van der Waals surface area contributed by atoms with Crippen LogP contribution in [0.5, 0.6) is 0 Å². The number of hydrogen-bond acceptors (Lipinski definition) is 2. The molecule has 0 spiro atoms. The van der Waals surface area contributed by atoms with Crippen LogP contribution >= 0.6 is 0 Å². The van der Waals surface area contributed by atoms with Gasteiger partial charge in [-0.25, -0.2) is 0 Å². The number of carbonyl (C=O) groups is 1. The van der Waals surface area contributed by atoms with Gasteiger partial charge in [0.2, 0.25) is 0 Å². The van der Waals surface area contributed by atoms with Crippen LogP contribution in [0.3, 0.4) is 0 Å². The predicted molar refractivity (Wildman–Crippen MR) is 74.9 cm³/mol. The maximum Gasteiger partial charge on any atom is 0.251 e. The highest BCUT2D eigenvalue weighted by Gasteiger charge is 2.31. The summed E-state index contributed by atoms with van der Waals surface area (Å²) in [5.74, 6) is 0.0420. The van der Waals surface area contributed by atoms with E-state index in [1.54, 1.807) is 0 Å². The maximum atomic E-state index is 12.1. The lowest BCUT2D eigenvalue weighted by atomic mass is 9.92. The fraction of sp³-hybridized carbons (Fsp3) is 0.533. The van der Waals surface area contributed by atoms with E-state index in [0.717, 1.165) is 24.1 Å². The van der Waals surface area contributed by atoms with Gasteiger partial charge in [-0.05, 0) is 48.9 Å². The Balaban J connectivity index is 1.95. The van der Waals surface area contributed by atoms with Gasteiger partial charge in [0.25, 0.3) is 5.91 Å². The first-order chi connectivity index (χ1) is 8.50. The summed E-state index contributed by atoms with van der Waals surface area (Å²) in [6.45, 7) is 4.53. The summed E-state index contributed by atoms with van der Waals surface area (Å²) in [7, 11) is 1.87. The average molecular weight is 246 g/mol. The molecule has 0 radical (unpaired) electrons. The van der Waals surface area contributed by atoms with Crippen LogP contribution in [-0.2, 0) is 0 Å². The van der Waals surface area contributed by atoms with E-state index < -0.39 is 0 Å². The molecule has 0 saturated heterocycles. The van der Waals surface area contributed by atoms with Crippen molar-refractivity contribution < 1.29 is 4.79 Å². The van der Waals surface area contributed by atoms with Crippen LogP contribution in [-0.4, -0.2) is 19.0 Å². The molecule has 2 rings (SSSR count). The van der Waals surface area contributed by atoms with Crippen molar-refractivity contribution in [2.45, 2.75) is 39.2 Å². The van der Waals surface area contributed by atoms with Gasteiger partial charge in [0, 0.05) is 24.3 Å². The first-order valence-electron chi connectivity index (χ1n) is 6.59. The number of hydrogen-bond donors (Lipinski definition) is 2. The number of nitrogens with one attached hydrogen (secondary N) is 2. The first-order valence-corrected chi connectivity index (χ1v) is 6.59. The third kappa shape index (κ3) is 3.03. The molecule has 1 unspecified atom stereocenters. The zero-order valence-electron chi connectivity index (χ0n) is 11.4. The monoisotopic (exact) mass is 246 g/mol. The quantitative estimate of drug-likeness (QED) is 0.860. The third-order valence-electron chi connectivity index (χ3n) is 3.74. The van der Waals surface area contributed by atoms with E-state index in [2.05, 4.69) is 24.5 Å². The molecule has 18 heavy (non-hydrogen) atoms. The molecule has 1 aliphatic rings. The maximum absolute atomic E-state index is 12.1. The minimum absolute atomic E-state index is 0.0420. The van der Waals surface area contributed by atoms with Crippen molar-refractivity contribution in [3.05, 3.63) is 29.8 Å². The summed E-state index contributed by atoms with van der Waals surface area (Å²) in [5.41, 5.74) is 2.13. The lowest BCUT2D eigenvalue weighted by Gasteiger charge is -2.17. The van der Waals surface area contributed by atoms with E-state index >= 15 is 0 Å². The van der Waals surface area contributed by atoms with Crippen molar-refractivity contribution in [2.24, 2.45) is 5.41 Å². The van der Waals surface area contributed by atoms with Gasteiger partial charge in [0.05, 0.1) is 0 Å². The van der Waals surface area contributed by atoms with Crippen molar-refractivity contribution >= 4 is 11.6 Å². The minimum atomic E-state index is 0.0420. The van der Waals surface area contributed by atoms with E-state index in [4.69, 9.17) is 0 Å². The molecule has 0 heterocycles. The van der Waals surface area contributed by atoms with Gasteiger partial charge in [-0.3, -0.25) is 4.79 Å². The van der Waals surface area contributed by atoms with E-state index in [1.807, 2.05) is 31.3 Å². The van der Waals surface area contributed by atoms with Crippen molar-refractivity contribution in [1.82, 2.24) is 5.32 Å². The second-order valence-electron chi connectivity index (χ2n) is 5.90. The van der Waals surface area contributed by atoms with Gasteiger partial charge in [0.15, 0.2) is 0 Å². The summed E-state index contributed by atoms with van der Waals surface area (Å²) in [5, 5.41) is 6.17. The number of amides is 1. The zero-order valence-corrected chi connectivity index (χ0v) is 11.4. The Kier molecular flexibility index (Phi) is 3.60. The third-order valence-corrected chi connectivity index (χ3v) is 3.74. The molecule has 0 bridgehead atoms. The summed E-state index contributed by atoms with van der Waals surface area (Å²) in [4.78, 5) is 12.1. The van der Waals surface area contributed by atoms with Crippen LogP contribution in [0.1, 0.15) is 43.5 Å². The Hall–Kier alpha value is -1.51. The number of rotatable bonds is 3. The van der Waals surface area contributed by atoms with Crippen LogP contribution in [0.2, 0.25) is 0 Å². The second-order valence-corrected chi connectivity index (χ2v) is 5.90. The van der Waals surface area contributed by atoms with Crippen LogP contribution in [0.25, 0.3) is 0 Å². The molecule has 1 atom stereocenters. The highest BCUT2D eigenvalue weighted by atomic mass is 16.1. The van der Waals surface area contributed by atoms with Gasteiger partial charge in [-0.1, -0.05) is 13.8 Å². The summed E-state index contributed by atoms with van der Waals surface area (Å²) in [6.07, 6.45) is 3.36. The average Bonchev–Trinajstić information content (AvgIpc) is 2.68. The molecule has 0 aromatic heterocycles. The van der Waals surface area contributed by atoms with E-state index in [-0.39, 0.29) is 5.91 Å². The Morgan fingerprint density at radius 3 is 2.44 bits per heavy atom. The number of carbonyl (C=O) groups excluding carboxylic acids is 1. The van der Waals surface area contributed by atoms with Crippen molar-refractivity contribution in [3.63, 3.8) is 0 Å². The van der Waals surface area contributed by atoms with Crippen LogP contribution in [0.15, 0.2) is 24.3 Å². The van der Waals surface area contributed by atoms with Gasteiger partial charge < -0.3 is 10.6 Å². The minimum Gasteiger partial charge on any atom is -0.388 e. The fourth-order valence-electron chi connectivity index (χ4n) is 2.62. The Labute approximate surface area is 109 Å². The van der Waals surface area contributed by atoms with E-state index in [9.17, 15) is 4.79 Å². The highest BCUT2D eigenvalue weighted by Crippen LogP contribution is 2.36. The standard InChI is InChI=1S/C15H22N2O/c1-15(2)9-8-13(10-15)17-14(18)11-4-6-12(16-3)7-5-11/h4-7,13,16H,8-10H2,1-3H3,(H,17,18). The normalized spacial score (nSPS) is 21.6. The molecular formula is C15H22N2O. The fourth-order valence-corrected chi connectivity index (χ4v) is 2.62. The molecule has 98 valence electrons. The van der Waals surface area contributed by atoms with Crippen molar-refractivity contribution in [1.29, 1.82) is 0 Å². The Bertz CT molecular complexity index is 423. The smallest absolute Gasteiger partial charge is 0.251 e. The SMILES string of the molecule is CNc1ccc(C(=O)NC2CCC(C)(C)C2)cc1. The molecule has 1 aromatic carbocycles. The molecule has 3 heteroatoms. The lowest BCUT2D eigenvalue weighted by Crippen LogP contribution is -2.33. The van der Waals surface area contributed by atoms with Crippen LogP contribution in [0.4, 0.5) is 5.69 Å². The van der Waals surface area contributed by atoms with Gasteiger partial charge in [-0.2, -0.15) is 0 Å². The first kappa shape index (κ1) is 12.9. The topological polar surface area (TPSA) is 41.1 Å².